The molecule has 2 aliphatic rings. The van der Waals surface area contributed by atoms with Gasteiger partial charge in [0.25, 0.3) is 0 Å². The Labute approximate surface area is 133 Å². The molecule has 1 aromatic carbocycles. The summed E-state index contributed by atoms with van der Waals surface area (Å²) in [6.45, 7) is 1.30. The Bertz CT molecular complexity index is 462. The number of amides is 1. The predicted octanol–water partition coefficient (Wildman–Crippen LogP) is 3.85. The quantitative estimate of drug-likeness (QED) is 0.897. The van der Waals surface area contributed by atoms with Crippen LogP contribution in [-0.4, -0.2) is 19.1 Å². The van der Waals surface area contributed by atoms with Gasteiger partial charge < -0.3 is 10.1 Å². The molecule has 1 heterocycles. The molecule has 120 valence electrons. The smallest absolute Gasteiger partial charge is 0.226 e. The second-order valence-corrected chi connectivity index (χ2v) is 6.77. The van der Waals surface area contributed by atoms with Crippen LogP contribution in [0.4, 0.5) is 0 Å². The molecule has 0 spiro atoms. The molecule has 2 atom stereocenters. The van der Waals surface area contributed by atoms with E-state index < -0.39 is 0 Å². The van der Waals surface area contributed by atoms with Gasteiger partial charge in [-0.2, -0.15) is 0 Å². The van der Waals surface area contributed by atoms with Crippen molar-refractivity contribution in [2.24, 2.45) is 11.8 Å². The van der Waals surface area contributed by atoms with E-state index in [-0.39, 0.29) is 17.9 Å². The summed E-state index contributed by atoms with van der Waals surface area (Å²) >= 11 is 0. The van der Waals surface area contributed by atoms with Crippen LogP contribution >= 0.6 is 0 Å². The minimum absolute atomic E-state index is 0.0394. The number of nitrogens with one attached hydrogen (secondary N) is 1. The molecule has 1 N–H and O–H groups in total. The first kappa shape index (κ1) is 15.5. The summed E-state index contributed by atoms with van der Waals surface area (Å²) in [5.41, 5.74) is 1.24. The van der Waals surface area contributed by atoms with Crippen molar-refractivity contribution in [1.82, 2.24) is 5.32 Å². The molecule has 3 rings (SSSR count). The summed E-state index contributed by atoms with van der Waals surface area (Å²) in [4.78, 5) is 12.5. The Balaban J connectivity index is 1.66. The second-order valence-electron chi connectivity index (χ2n) is 6.77. The second kappa shape index (κ2) is 7.77. The molecule has 3 nitrogen and oxygen atoms in total. The van der Waals surface area contributed by atoms with Gasteiger partial charge in [0.2, 0.25) is 5.91 Å². The van der Waals surface area contributed by atoms with E-state index in [4.69, 9.17) is 4.74 Å². The lowest BCUT2D eigenvalue weighted by Gasteiger charge is -2.28. The summed E-state index contributed by atoms with van der Waals surface area (Å²) < 4.78 is 5.35. The van der Waals surface area contributed by atoms with Crippen LogP contribution in [0, 0.1) is 11.8 Å². The molecule has 1 aliphatic carbocycles. The maximum Gasteiger partial charge on any atom is 0.226 e. The molecule has 1 saturated carbocycles. The average Bonchev–Trinajstić information content (AvgIpc) is 3.11. The summed E-state index contributed by atoms with van der Waals surface area (Å²) in [5.74, 6) is 0.957. The minimum Gasteiger partial charge on any atom is -0.381 e. The summed E-state index contributed by atoms with van der Waals surface area (Å²) in [5, 5.41) is 3.30. The normalized spacial score (nSPS) is 24.1. The summed E-state index contributed by atoms with van der Waals surface area (Å²) in [7, 11) is 0. The Morgan fingerprint density at radius 1 is 1.14 bits per heavy atom. The topological polar surface area (TPSA) is 38.3 Å². The van der Waals surface area contributed by atoms with E-state index in [0.717, 1.165) is 25.4 Å². The Morgan fingerprint density at radius 3 is 2.59 bits per heavy atom. The van der Waals surface area contributed by atoms with Crippen molar-refractivity contribution in [2.75, 3.05) is 13.2 Å². The van der Waals surface area contributed by atoms with Crippen molar-refractivity contribution < 1.29 is 9.53 Å². The summed E-state index contributed by atoms with van der Waals surface area (Å²) in [6, 6.07) is 10.6. The molecule has 0 bridgehead atoms. The van der Waals surface area contributed by atoms with Gasteiger partial charge in [-0.05, 0) is 24.3 Å². The first-order valence-electron chi connectivity index (χ1n) is 8.76. The van der Waals surface area contributed by atoms with Gasteiger partial charge in [-0.1, -0.05) is 62.4 Å². The molecule has 22 heavy (non-hydrogen) atoms. The van der Waals surface area contributed by atoms with Crippen LogP contribution in [0.1, 0.15) is 56.6 Å². The highest BCUT2D eigenvalue weighted by Crippen LogP contribution is 2.32. The lowest BCUT2D eigenvalue weighted by atomic mass is 9.83. The van der Waals surface area contributed by atoms with Crippen molar-refractivity contribution in [3.05, 3.63) is 35.9 Å². The van der Waals surface area contributed by atoms with Crippen molar-refractivity contribution in [1.29, 1.82) is 0 Å². The van der Waals surface area contributed by atoms with Crippen LogP contribution in [0.15, 0.2) is 30.3 Å². The molecule has 1 aromatic rings. The number of hydrogen-bond acceptors (Lipinski definition) is 2. The minimum atomic E-state index is 0.0394. The molecule has 1 aliphatic heterocycles. The number of benzene rings is 1. The third-order valence-electron chi connectivity index (χ3n) is 5.11. The van der Waals surface area contributed by atoms with E-state index in [2.05, 4.69) is 29.6 Å². The molecule has 2 unspecified atom stereocenters. The van der Waals surface area contributed by atoms with Gasteiger partial charge in [0.05, 0.1) is 18.6 Å². The molecule has 2 fully saturated rings. The fourth-order valence-corrected chi connectivity index (χ4v) is 3.75. The van der Waals surface area contributed by atoms with Crippen LogP contribution < -0.4 is 5.32 Å². The van der Waals surface area contributed by atoms with Gasteiger partial charge in [-0.15, -0.1) is 0 Å². The van der Waals surface area contributed by atoms with Crippen LogP contribution in [0.3, 0.4) is 0 Å². The maximum absolute atomic E-state index is 12.5. The molecule has 0 aromatic heterocycles. The van der Waals surface area contributed by atoms with Crippen molar-refractivity contribution in [3.63, 3.8) is 0 Å². The molecule has 1 saturated heterocycles. The largest absolute Gasteiger partial charge is 0.381 e. The maximum atomic E-state index is 12.5. The highest BCUT2D eigenvalue weighted by Gasteiger charge is 2.27. The third kappa shape index (κ3) is 4.10. The van der Waals surface area contributed by atoms with Crippen LogP contribution in [0.25, 0.3) is 0 Å². The number of ether oxygens (including phenoxy) is 1. The van der Waals surface area contributed by atoms with Gasteiger partial charge in [-0.25, -0.2) is 0 Å². The molecular formula is C19H27NO2. The highest BCUT2D eigenvalue weighted by atomic mass is 16.5. The monoisotopic (exact) mass is 301 g/mol. The van der Waals surface area contributed by atoms with Gasteiger partial charge in [-0.3, -0.25) is 4.79 Å². The van der Waals surface area contributed by atoms with E-state index in [9.17, 15) is 4.79 Å². The van der Waals surface area contributed by atoms with Gasteiger partial charge in [0.1, 0.15) is 0 Å². The van der Waals surface area contributed by atoms with E-state index in [1.165, 1.54) is 37.7 Å². The van der Waals surface area contributed by atoms with Crippen LogP contribution in [0.2, 0.25) is 0 Å². The predicted molar refractivity (Wildman–Crippen MR) is 87.4 cm³/mol. The van der Waals surface area contributed by atoms with Crippen molar-refractivity contribution in [2.45, 2.75) is 51.0 Å². The standard InChI is InChI=1S/C19H27NO2/c21-19(17-11-12-22-14-17)20-18(16-9-5-2-6-10-16)13-15-7-3-1-4-8-15/h2,5-6,9-10,15,17-18H,1,3-4,7-8,11-14H2,(H,20,21). The first-order valence-corrected chi connectivity index (χ1v) is 8.76. The number of carbonyl (C=O) groups excluding carboxylic acids is 1. The molecule has 1 amide bonds. The lowest BCUT2D eigenvalue weighted by Crippen LogP contribution is -2.35. The van der Waals surface area contributed by atoms with Crippen molar-refractivity contribution in [3.8, 4) is 0 Å². The molecule has 0 radical (unpaired) electrons. The van der Waals surface area contributed by atoms with E-state index in [0.29, 0.717) is 6.61 Å². The Hall–Kier alpha value is -1.35. The fourth-order valence-electron chi connectivity index (χ4n) is 3.75. The van der Waals surface area contributed by atoms with Gasteiger partial charge in [0.15, 0.2) is 0 Å². The van der Waals surface area contributed by atoms with E-state index in [1.54, 1.807) is 0 Å². The first-order chi connectivity index (χ1) is 10.8. The number of rotatable bonds is 5. The molecular weight excluding hydrogens is 274 g/mol. The van der Waals surface area contributed by atoms with Gasteiger partial charge in [0, 0.05) is 6.61 Å². The zero-order valence-electron chi connectivity index (χ0n) is 13.3. The Kier molecular flexibility index (Phi) is 5.49. The Morgan fingerprint density at radius 2 is 1.91 bits per heavy atom. The molecule has 3 heteroatoms. The van der Waals surface area contributed by atoms with E-state index >= 15 is 0 Å². The average molecular weight is 301 g/mol. The third-order valence-corrected chi connectivity index (χ3v) is 5.11. The summed E-state index contributed by atoms with van der Waals surface area (Å²) in [6.07, 6.45) is 8.61. The number of carbonyl (C=O) groups is 1. The fraction of sp³-hybridized carbons (Fsp3) is 0.632. The highest BCUT2D eigenvalue weighted by molar-refractivity contribution is 5.79. The van der Waals surface area contributed by atoms with Crippen molar-refractivity contribution >= 4 is 5.91 Å². The number of hydrogen-bond donors (Lipinski definition) is 1. The SMILES string of the molecule is O=C(NC(CC1CCCCC1)c1ccccc1)C1CCOC1. The lowest BCUT2D eigenvalue weighted by molar-refractivity contribution is -0.125. The van der Waals surface area contributed by atoms with Crippen LogP contribution in [-0.2, 0) is 9.53 Å². The van der Waals surface area contributed by atoms with E-state index in [1.807, 2.05) is 6.07 Å². The zero-order valence-corrected chi connectivity index (χ0v) is 13.3. The van der Waals surface area contributed by atoms with Crippen LogP contribution in [0.5, 0.6) is 0 Å². The van der Waals surface area contributed by atoms with Gasteiger partial charge >= 0.3 is 0 Å². The zero-order chi connectivity index (χ0) is 15.2.